The summed E-state index contributed by atoms with van der Waals surface area (Å²) in [5, 5.41) is 3.19. The third-order valence-electron chi connectivity index (χ3n) is 1.79. The van der Waals surface area contributed by atoms with Gasteiger partial charge in [-0.05, 0) is 25.5 Å². The summed E-state index contributed by atoms with van der Waals surface area (Å²) >= 11 is 0. The molecule has 0 saturated heterocycles. The third-order valence-corrected chi connectivity index (χ3v) is 1.79. The van der Waals surface area contributed by atoms with Crippen molar-refractivity contribution < 1.29 is 4.74 Å². The maximum absolute atomic E-state index is 5.56. The first-order valence-electron chi connectivity index (χ1n) is 5.20. The minimum absolute atomic E-state index is 0.716. The zero-order valence-corrected chi connectivity index (χ0v) is 9.42. The van der Waals surface area contributed by atoms with Crippen LogP contribution in [0.15, 0.2) is 30.5 Å². The van der Waals surface area contributed by atoms with Crippen LogP contribution in [0.1, 0.15) is 20.3 Å². The van der Waals surface area contributed by atoms with Gasteiger partial charge >= 0.3 is 0 Å². The molecule has 0 fully saturated rings. The number of ether oxygens (including phenoxy) is 1. The number of rotatable bonds is 6. The molecule has 0 saturated carbocycles. The Morgan fingerprint density at radius 2 is 2.40 bits per heavy atom. The minimum Gasteiger partial charge on any atom is -0.490 e. The van der Waals surface area contributed by atoms with Gasteiger partial charge in [-0.1, -0.05) is 19.1 Å². The Balaban J connectivity index is 2.63. The molecule has 0 spiro atoms. The topological polar surface area (TPSA) is 34.2 Å². The molecule has 0 aliphatic carbocycles. The molecular weight excluding hydrogens is 188 g/mol. The number of hydrogen-bond donors (Lipinski definition) is 1. The van der Waals surface area contributed by atoms with Crippen LogP contribution in [0.2, 0.25) is 0 Å². The van der Waals surface area contributed by atoms with Crippen LogP contribution < -0.4 is 10.1 Å². The summed E-state index contributed by atoms with van der Waals surface area (Å²) in [5.41, 5.74) is 1.07. The van der Waals surface area contributed by atoms with Crippen molar-refractivity contribution in [3.8, 4) is 5.75 Å². The van der Waals surface area contributed by atoms with E-state index in [0.29, 0.717) is 6.61 Å². The van der Waals surface area contributed by atoms with E-state index in [1.165, 1.54) is 0 Å². The summed E-state index contributed by atoms with van der Waals surface area (Å²) in [4.78, 5) is 4.23. The first-order chi connectivity index (χ1) is 7.24. The number of aromatic nitrogens is 1. The van der Waals surface area contributed by atoms with Crippen LogP contribution in [0.25, 0.3) is 0 Å². The van der Waals surface area contributed by atoms with Crippen molar-refractivity contribution in [3.63, 3.8) is 0 Å². The van der Waals surface area contributed by atoms with E-state index >= 15 is 0 Å². The lowest BCUT2D eigenvalue weighted by Gasteiger charge is -2.11. The second-order valence-electron chi connectivity index (χ2n) is 3.51. The lowest BCUT2D eigenvalue weighted by molar-refractivity contribution is 0.318. The molecule has 3 nitrogen and oxygen atoms in total. The molecule has 1 N–H and O–H groups in total. The summed E-state index contributed by atoms with van der Waals surface area (Å²) < 4.78 is 5.56. The van der Waals surface area contributed by atoms with Gasteiger partial charge in [0.05, 0.1) is 6.61 Å². The van der Waals surface area contributed by atoms with Crippen LogP contribution >= 0.6 is 0 Å². The van der Waals surface area contributed by atoms with Crippen LogP contribution in [0.4, 0.5) is 5.82 Å². The smallest absolute Gasteiger partial charge is 0.169 e. The number of pyridine rings is 1. The molecule has 0 atom stereocenters. The monoisotopic (exact) mass is 206 g/mol. The first-order valence-corrected chi connectivity index (χ1v) is 5.20. The van der Waals surface area contributed by atoms with Crippen molar-refractivity contribution in [3.05, 3.63) is 30.5 Å². The fourth-order valence-corrected chi connectivity index (χ4v) is 1.09. The van der Waals surface area contributed by atoms with Crippen LogP contribution in [0.5, 0.6) is 5.75 Å². The number of hydrogen-bond acceptors (Lipinski definition) is 3. The molecule has 15 heavy (non-hydrogen) atoms. The van der Waals surface area contributed by atoms with E-state index in [9.17, 15) is 0 Å². The number of nitrogens with zero attached hydrogens (tertiary/aromatic N) is 1. The van der Waals surface area contributed by atoms with Crippen molar-refractivity contribution in [2.24, 2.45) is 0 Å². The Morgan fingerprint density at radius 1 is 1.60 bits per heavy atom. The molecule has 0 aromatic carbocycles. The number of anilines is 1. The highest BCUT2D eigenvalue weighted by Gasteiger charge is 2.02. The largest absolute Gasteiger partial charge is 0.490 e. The van der Waals surface area contributed by atoms with Gasteiger partial charge in [0.25, 0.3) is 0 Å². The van der Waals surface area contributed by atoms with E-state index in [-0.39, 0.29) is 0 Å². The van der Waals surface area contributed by atoms with Gasteiger partial charge in [-0.3, -0.25) is 0 Å². The first kappa shape index (κ1) is 11.6. The van der Waals surface area contributed by atoms with Gasteiger partial charge in [0.15, 0.2) is 11.6 Å². The molecule has 1 heterocycles. The summed E-state index contributed by atoms with van der Waals surface area (Å²) in [6.07, 6.45) is 2.74. The standard InChI is InChI=1S/C12H18N2O/c1-4-8-15-11-6-5-7-13-12(11)14-9-10(2)3/h5-7H,2,4,8-9H2,1,3H3,(H,13,14). The molecule has 0 unspecified atom stereocenters. The van der Waals surface area contributed by atoms with Crippen LogP contribution in [0, 0.1) is 0 Å². The van der Waals surface area contributed by atoms with E-state index in [2.05, 4.69) is 23.8 Å². The molecule has 0 bridgehead atoms. The molecule has 0 amide bonds. The Hall–Kier alpha value is -1.51. The van der Waals surface area contributed by atoms with Gasteiger partial charge in [-0.2, -0.15) is 0 Å². The zero-order chi connectivity index (χ0) is 11.1. The highest BCUT2D eigenvalue weighted by atomic mass is 16.5. The van der Waals surface area contributed by atoms with Gasteiger partial charge in [0.1, 0.15) is 0 Å². The molecule has 1 aromatic rings. The maximum atomic E-state index is 5.56. The van der Waals surface area contributed by atoms with Crippen molar-refractivity contribution in [2.45, 2.75) is 20.3 Å². The Kier molecular flexibility index (Phi) is 4.68. The third kappa shape index (κ3) is 4.02. The van der Waals surface area contributed by atoms with E-state index in [0.717, 1.165) is 30.1 Å². The molecular formula is C12H18N2O. The second kappa shape index (κ2) is 6.06. The highest BCUT2D eigenvalue weighted by Crippen LogP contribution is 2.20. The molecule has 0 radical (unpaired) electrons. The fraction of sp³-hybridized carbons (Fsp3) is 0.417. The summed E-state index contributed by atoms with van der Waals surface area (Å²) in [6, 6.07) is 3.79. The van der Waals surface area contributed by atoms with Crippen molar-refractivity contribution in [2.75, 3.05) is 18.5 Å². The molecule has 1 rings (SSSR count). The van der Waals surface area contributed by atoms with E-state index in [1.54, 1.807) is 6.20 Å². The van der Waals surface area contributed by atoms with Gasteiger partial charge in [0, 0.05) is 12.7 Å². The minimum atomic E-state index is 0.716. The van der Waals surface area contributed by atoms with Gasteiger partial charge in [-0.15, -0.1) is 0 Å². The normalized spacial score (nSPS) is 9.73. The van der Waals surface area contributed by atoms with Crippen LogP contribution in [0.3, 0.4) is 0 Å². The van der Waals surface area contributed by atoms with Crippen molar-refractivity contribution in [1.82, 2.24) is 4.98 Å². The predicted octanol–water partition coefficient (Wildman–Crippen LogP) is 2.86. The molecule has 3 heteroatoms. The van der Waals surface area contributed by atoms with Gasteiger partial charge in [-0.25, -0.2) is 4.98 Å². The average molecular weight is 206 g/mol. The maximum Gasteiger partial charge on any atom is 0.169 e. The lowest BCUT2D eigenvalue weighted by Crippen LogP contribution is -2.06. The molecule has 82 valence electrons. The van der Waals surface area contributed by atoms with Crippen LogP contribution in [-0.2, 0) is 0 Å². The second-order valence-corrected chi connectivity index (χ2v) is 3.51. The van der Waals surface area contributed by atoms with Crippen molar-refractivity contribution >= 4 is 5.82 Å². The van der Waals surface area contributed by atoms with Crippen molar-refractivity contribution in [1.29, 1.82) is 0 Å². The number of nitrogens with one attached hydrogen (secondary N) is 1. The summed E-state index contributed by atoms with van der Waals surface area (Å²) in [6.45, 7) is 9.32. The lowest BCUT2D eigenvalue weighted by atomic mass is 10.3. The average Bonchev–Trinajstić information content (AvgIpc) is 2.24. The highest BCUT2D eigenvalue weighted by molar-refractivity contribution is 5.50. The Morgan fingerprint density at radius 3 is 3.07 bits per heavy atom. The predicted molar refractivity (Wildman–Crippen MR) is 63.3 cm³/mol. The van der Waals surface area contributed by atoms with Gasteiger partial charge < -0.3 is 10.1 Å². The molecule has 1 aromatic heterocycles. The Labute approximate surface area is 91.2 Å². The quantitative estimate of drug-likeness (QED) is 0.727. The molecule has 0 aliphatic heterocycles. The van der Waals surface area contributed by atoms with E-state index in [1.807, 2.05) is 19.1 Å². The van der Waals surface area contributed by atoms with E-state index < -0.39 is 0 Å². The zero-order valence-electron chi connectivity index (χ0n) is 9.42. The van der Waals surface area contributed by atoms with E-state index in [4.69, 9.17) is 4.74 Å². The SMILES string of the molecule is C=C(C)CNc1ncccc1OCCC. The Bertz CT molecular complexity index is 323. The van der Waals surface area contributed by atoms with Crippen LogP contribution in [-0.4, -0.2) is 18.1 Å². The summed E-state index contributed by atoms with van der Waals surface area (Å²) in [5.74, 6) is 1.59. The fourth-order valence-electron chi connectivity index (χ4n) is 1.09. The molecule has 0 aliphatic rings. The van der Waals surface area contributed by atoms with Gasteiger partial charge in [0.2, 0.25) is 0 Å². The summed E-state index contributed by atoms with van der Waals surface area (Å²) in [7, 11) is 0.